The molecule has 2 aliphatic rings. The van der Waals surface area contributed by atoms with E-state index in [1.807, 2.05) is 20.9 Å². The number of carbonyl (C=O) groups excluding carboxylic acids is 1. The van der Waals surface area contributed by atoms with Crippen molar-refractivity contribution in [3.05, 3.63) is 21.9 Å². The van der Waals surface area contributed by atoms with Gasteiger partial charge in [-0.2, -0.15) is 23.1 Å². The number of amides is 1. The second-order valence-corrected chi connectivity index (χ2v) is 12.1. The fraction of sp³-hybridized carbons (Fsp3) is 0.654. The fourth-order valence-corrected chi connectivity index (χ4v) is 5.54. The summed E-state index contributed by atoms with van der Waals surface area (Å²) in [6.07, 6.45) is -3.34. The normalized spacial score (nSPS) is 23.0. The van der Waals surface area contributed by atoms with E-state index < -0.39 is 33.7 Å². The van der Waals surface area contributed by atoms with Crippen LogP contribution in [0.4, 0.5) is 28.2 Å². The van der Waals surface area contributed by atoms with Crippen LogP contribution < -0.4 is 9.64 Å². The standard InChI is InChI=1S/C26H34BrF4N5O3/c1-14-12-36(24(37)39-25(3,4)5)15(2)11-35(14)22-17-10-18(26(29,30)31)19(27)20(28)21(17)32-23(33-22)38-13-16-8-7-9-34(16)6/h10,14-16H,7-9,11-13H2,1-6H3/t14-,15+,16-/m0/s1. The number of anilines is 1. The number of nitrogens with zero attached hydrogens (tertiary/aromatic N) is 5. The van der Waals surface area contributed by atoms with E-state index in [9.17, 15) is 18.0 Å². The summed E-state index contributed by atoms with van der Waals surface area (Å²) in [5, 5.41) is -0.0851. The Morgan fingerprint density at radius 1 is 1.15 bits per heavy atom. The van der Waals surface area contributed by atoms with Gasteiger partial charge >= 0.3 is 18.3 Å². The monoisotopic (exact) mass is 619 g/mol. The van der Waals surface area contributed by atoms with E-state index in [1.165, 1.54) is 0 Å². The van der Waals surface area contributed by atoms with Gasteiger partial charge in [-0.1, -0.05) is 0 Å². The lowest BCUT2D eigenvalue weighted by Crippen LogP contribution is -2.59. The van der Waals surface area contributed by atoms with Gasteiger partial charge in [0.15, 0.2) is 5.82 Å². The molecule has 216 valence electrons. The van der Waals surface area contributed by atoms with Gasteiger partial charge in [0.05, 0.1) is 10.0 Å². The highest BCUT2D eigenvalue weighted by Crippen LogP contribution is 2.42. The van der Waals surface area contributed by atoms with Crippen LogP contribution in [0.3, 0.4) is 0 Å². The van der Waals surface area contributed by atoms with Crippen molar-refractivity contribution in [1.82, 2.24) is 19.8 Å². The van der Waals surface area contributed by atoms with Crippen molar-refractivity contribution in [3.63, 3.8) is 0 Å². The van der Waals surface area contributed by atoms with Crippen LogP contribution in [0.25, 0.3) is 10.9 Å². The molecule has 2 aliphatic heterocycles. The number of halogens is 5. The smallest absolute Gasteiger partial charge is 0.417 e. The number of piperazine rings is 1. The Bertz CT molecular complexity index is 1240. The Kier molecular flexibility index (Phi) is 8.24. The van der Waals surface area contributed by atoms with Crippen molar-refractivity contribution in [2.24, 2.45) is 0 Å². The van der Waals surface area contributed by atoms with Crippen molar-refractivity contribution in [2.45, 2.75) is 77.4 Å². The van der Waals surface area contributed by atoms with Gasteiger partial charge in [0.25, 0.3) is 0 Å². The molecule has 3 atom stereocenters. The van der Waals surface area contributed by atoms with Crippen molar-refractivity contribution in [1.29, 1.82) is 0 Å². The number of alkyl halides is 3. The van der Waals surface area contributed by atoms with Gasteiger partial charge < -0.3 is 24.2 Å². The quantitative estimate of drug-likeness (QED) is 0.397. The minimum Gasteiger partial charge on any atom is -0.462 e. The summed E-state index contributed by atoms with van der Waals surface area (Å²) in [6, 6.07) is 0.150. The average molecular weight is 620 g/mol. The largest absolute Gasteiger partial charge is 0.462 e. The van der Waals surface area contributed by atoms with E-state index in [0.717, 1.165) is 25.5 Å². The number of likely N-dealkylation sites (tertiary alicyclic amines) is 1. The SMILES string of the molecule is C[C@@H]1CN(c2nc(OC[C@@H]3CCCN3C)nc3c(F)c(Br)c(C(F)(F)F)cc23)[C@@H](C)CN1C(=O)OC(C)(C)C. The molecule has 8 nitrogen and oxygen atoms in total. The van der Waals surface area contributed by atoms with Gasteiger partial charge in [0, 0.05) is 36.6 Å². The van der Waals surface area contributed by atoms with E-state index in [-0.39, 0.29) is 60.6 Å². The molecule has 13 heteroatoms. The molecule has 0 aliphatic carbocycles. The van der Waals surface area contributed by atoms with Crippen LogP contribution in [-0.4, -0.2) is 82.9 Å². The molecule has 2 fully saturated rings. The van der Waals surface area contributed by atoms with E-state index in [0.29, 0.717) is 0 Å². The van der Waals surface area contributed by atoms with Crippen LogP contribution in [0.2, 0.25) is 0 Å². The van der Waals surface area contributed by atoms with Crippen molar-refractivity contribution in [2.75, 3.05) is 38.2 Å². The summed E-state index contributed by atoms with van der Waals surface area (Å²) in [4.78, 5) is 27.0. The number of fused-ring (bicyclic) bond motifs is 1. The molecule has 1 aromatic carbocycles. The predicted molar refractivity (Wildman–Crippen MR) is 143 cm³/mol. The van der Waals surface area contributed by atoms with Gasteiger partial charge in [0.1, 0.15) is 23.5 Å². The first kappa shape index (κ1) is 29.6. The van der Waals surface area contributed by atoms with Crippen LogP contribution in [0.5, 0.6) is 6.01 Å². The van der Waals surface area contributed by atoms with E-state index in [4.69, 9.17) is 9.47 Å². The van der Waals surface area contributed by atoms with Crippen LogP contribution in [0, 0.1) is 5.82 Å². The summed E-state index contributed by atoms with van der Waals surface area (Å²) in [5.41, 5.74) is -2.12. The number of benzene rings is 1. The first-order valence-corrected chi connectivity index (χ1v) is 13.7. The Morgan fingerprint density at radius 3 is 2.44 bits per heavy atom. The summed E-state index contributed by atoms with van der Waals surface area (Å²) < 4.78 is 67.6. The number of carbonyl (C=O) groups is 1. The molecular formula is C26H34BrF4N5O3. The third-order valence-electron chi connectivity index (χ3n) is 7.10. The number of aromatic nitrogens is 2. The minimum absolute atomic E-state index is 0.0851. The van der Waals surface area contributed by atoms with E-state index >= 15 is 4.39 Å². The molecule has 1 aromatic heterocycles. The molecule has 2 saturated heterocycles. The first-order valence-electron chi connectivity index (χ1n) is 12.9. The maximum atomic E-state index is 15.4. The maximum absolute atomic E-state index is 15.4. The molecule has 2 aromatic rings. The second kappa shape index (κ2) is 10.9. The van der Waals surface area contributed by atoms with E-state index in [1.54, 1.807) is 30.6 Å². The Hall–Kier alpha value is -2.41. The maximum Gasteiger partial charge on any atom is 0.417 e. The molecule has 0 spiro atoms. The van der Waals surface area contributed by atoms with Crippen molar-refractivity contribution in [3.8, 4) is 6.01 Å². The highest BCUT2D eigenvalue weighted by molar-refractivity contribution is 9.10. The van der Waals surface area contributed by atoms with E-state index in [2.05, 4.69) is 30.8 Å². The Labute approximate surface area is 233 Å². The van der Waals surface area contributed by atoms with Gasteiger partial charge in [-0.15, -0.1) is 0 Å². The topological polar surface area (TPSA) is 71.0 Å². The highest BCUT2D eigenvalue weighted by Gasteiger charge is 2.39. The Morgan fingerprint density at radius 2 is 1.85 bits per heavy atom. The molecule has 1 amide bonds. The van der Waals surface area contributed by atoms with Gasteiger partial charge in [-0.3, -0.25) is 0 Å². The molecule has 39 heavy (non-hydrogen) atoms. The van der Waals surface area contributed by atoms with Crippen LogP contribution in [-0.2, 0) is 10.9 Å². The molecule has 0 N–H and O–H groups in total. The fourth-order valence-electron chi connectivity index (χ4n) is 5.01. The number of ether oxygens (including phenoxy) is 2. The molecule has 0 saturated carbocycles. The first-order chi connectivity index (χ1) is 18.1. The lowest BCUT2D eigenvalue weighted by molar-refractivity contribution is -0.138. The van der Waals surface area contributed by atoms with Crippen LogP contribution in [0.15, 0.2) is 10.5 Å². The average Bonchev–Trinajstić information content (AvgIpc) is 3.23. The molecule has 4 rings (SSSR count). The summed E-state index contributed by atoms with van der Waals surface area (Å²) >= 11 is 2.78. The number of hydrogen-bond donors (Lipinski definition) is 0. The van der Waals surface area contributed by atoms with Crippen molar-refractivity contribution < 1.29 is 31.8 Å². The summed E-state index contributed by atoms with van der Waals surface area (Å²) in [7, 11) is 1.98. The molecule has 0 radical (unpaired) electrons. The zero-order chi connectivity index (χ0) is 28.9. The number of likely N-dealkylation sites (N-methyl/N-ethyl adjacent to an activating group) is 1. The van der Waals surface area contributed by atoms with Gasteiger partial charge in [0.2, 0.25) is 0 Å². The zero-order valence-electron chi connectivity index (χ0n) is 22.9. The lowest BCUT2D eigenvalue weighted by atomic mass is 10.1. The van der Waals surface area contributed by atoms with Gasteiger partial charge in [-0.05, 0) is 83.0 Å². The zero-order valence-corrected chi connectivity index (χ0v) is 24.5. The third-order valence-corrected chi connectivity index (χ3v) is 7.87. The van der Waals surface area contributed by atoms with Gasteiger partial charge in [-0.25, -0.2) is 9.18 Å². The molecule has 3 heterocycles. The third kappa shape index (κ3) is 6.34. The molecule has 0 unspecified atom stereocenters. The number of rotatable bonds is 4. The number of hydrogen-bond acceptors (Lipinski definition) is 7. The second-order valence-electron chi connectivity index (χ2n) is 11.3. The van der Waals surface area contributed by atoms with Crippen molar-refractivity contribution >= 4 is 38.7 Å². The lowest BCUT2D eigenvalue weighted by Gasteiger charge is -2.45. The minimum atomic E-state index is -4.80. The van der Waals surface area contributed by atoms with Crippen LogP contribution >= 0.6 is 15.9 Å². The highest BCUT2D eigenvalue weighted by atomic mass is 79.9. The Balaban J connectivity index is 1.75. The predicted octanol–water partition coefficient (Wildman–Crippen LogP) is 5.86. The van der Waals surface area contributed by atoms with Crippen LogP contribution in [0.1, 0.15) is 53.0 Å². The molecule has 0 bridgehead atoms. The summed E-state index contributed by atoms with van der Waals surface area (Å²) in [6.45, 7) is 10.6. The molecular weight excluding hydrogens is 586 g/mol. The summed E-state index contributed by atoms with van der Waals surface area (Å²) in [5.74, 6) is -1.02.